The molecule has 0 unspecified atom stereocenters. The molecule has 0 aliphatic heterocycles. The first-order valence-electron chi connectivity index (χ1n) is 9.18. The Morgan fingerprint density at radius 3 is 1.88 bits per heavy atom. The van der Waals surface area contributed by atoms with E-state index in [2.05, 4.69) is 31.5 Å². The van der Waals surface area contributed by atoms with Gasteiger partial charge in [0.15, 0.2) is 0 Å². The van der Waals surface area contributed by atoms with Crippen LogP contribution in [0.2, 0.25) is 5.02 Å². The number of hydrogen-bond acceptors (Lipinski definition) is 6. The van der Waals surface area contributed by atoms with E-state index in [0.717, 1.165) is 10.5 Å². The Labute approximate surface area is 208 Å². The van der Waals surface area contributed by atoms with Gasteiger partial charge in [-0.3, -0.25) is 25.2 Å². The molecular weight excluding hydrogens is 572 g/mol. The Kier molecular flexibility index (Phi) is 7.63. The maximum absolute atomic E-state index is 12.4. The summed E-state index contributed by atoms with van der Waals surface area (Å²) in [5.74, 6) is -1.51. The number of benzene rings is 3. The van der Waals surface area contributed by atoms with E-state index in [1.54, 1.807) is 12.1 Å². The summed E-state index contributed by atoms with van der Waals surface area (Å²) < 4.78 is 51.1. The summed E-state index contributed by atoms with van der Waals surface area (Å²) >= 11 is 9.02. The second-order valence-electron chi connectivity index (χ2n) is 6.74. The average Bonchev–Trinajstić information content (AvgIpc) is 2.77. The molecule has 0 saturated carbocycles. The fourth-order valence-corrected chi connectivity index (χ4v) is 5.03. The molecule has 0 aliphatic carbocycles. The van der Waals surface area contributed by atoms with Gasteiger partial charge in [-0.15, -0.1) is 0 Å². The van der Waals surface area contributed by atoms with Gasteiger partial charge in [-0.05, 0) is 66.7 Å². The number of primary sulfonamides is 1. The number of rotatable bonds is 6. The second kappa shape index (κ2) is 10.1. The van der Waals surface area contributed by atoms with Gasteiger partial charge in [0.05, 0.1) is 9.92 Å². The first kappa shape index (κ1) is 25.6. The molecule has 3 aromatic rings. The third kappa shape index (κ3) is 6.33. The molecule has 14 heteroatoms. The molecule has 0 bridgehead atoms. The Hall–Kier alpha value is -2.97. The van der Waals surface area contributed by atoms with Gasteiger partial charge in [0.1, 0.15) is 4.90 Å². The molecule has 3 rings (SSSR count). The van der Waals surface area contributed by atoms with Gasteiger partial charge in [0.25, 0.3) is 21.8 Å². The highest BCUT2D eigenvalue weighted by molar-refractivity contribution is 9.10. The number of carbonyl (C=O) groups excluding carboxylic acids is 2. The average molecular weight is 588 g/mol. The fourth-order valence-electron chi connectivity index (χ4n) is 2.64. The molecule has 34 heavy (non-hydrogen) atoms. The van der Waals surface area contributed by atoms with Crippen LogP contribution >= 0.6 is 27.5 Å². The highest BCUT2D eigenvalue weighted by Crippen LogP contribution is 2.22. The summed E-state index contributed by atoms with van der Waals surface area (Å²) in [4.78, 5) is 24.2. The van der Waals surface area contributed by atoms with E-state index in [0.29, 0.717) is 0 Å². The van der Waals surface area contributed by atoms with E-state index >= 15 is 0 Å². The van der Waals surface area contributed by atoms with Gasteiger partial charge in [0, 0.05) is 21.3 Å². The van der Waals surface area contributed by atoms with Gasteiger partial charge in [0.2, 0.25) is 10.0 Å². The second-order valence-corrected chi connectivity index (χ2v) is 11.3. The Morgan fingerprint density at radius 1 is 0.794 bits per heavy atom. The molecule has 0 saturated heterocycles. The largest absolute Gasteiger partial charge is 0.280 e. The van der Waals surface area contributed by atoms with E-state index in [1.807, 2.05) is 0 Å². The first-order chi connectivity index (χ1) is 15.9. The topological polar surface area (TPSA) is 165 Å². The van der Waals surface area contributed by atoms with Crippen LogP contribution < -0.4 is 20.7 Å². The summed E-state index contributed by atoms with van der Waals surface area (Å²) in [6.07, 6.45) is 0. The third-order valence-electron chi connectivity index (χ3n) is 4.31. The van der Waals surface area contributed by atoms with Gasteiger partial charge < -0.3 is 0 Å². The van der Waals surface area contributed by atoms with Gasteiger partial charge in [-0.1, -0.05) is 27.5 Å². The van der Waals surface area contributed by atoms with Crippen molar-refractivity contribution in [3.8, 4) is 0 Å². The zero-order valence-electron chi connectivity index (χ0n) is 17.0. The number of nitrogens with one attached hydrogen (secondary N) is 3. The van der Waals surface area contributed by atoms with Crippen molar-refractivity contribution < 1.29 is 26.4 Å². The maximum Gasteiger partial charge on any atom is 0.269 e. The molecule has 3 aromatic carbocycles. The maximum atomic E-state index is 12.4. The summed E-state index contributed by atoms with van der Waals surface area (Å²) in [5.41, 5.74) is 4.55. The SMILES string of the molecule is NS(=O)(=O)c1cc(C(=O)NNC(=O)c2ccc(NS(=O)(=O)c3ccc(Br)cc3)cc2)ccc1Cl. The van der Waals surface area contributed by atoms with Crippen molar-refractivity contribution in [2.24, 2.45) is 5.14 Å². The van der Waals surface area contributed by atoms with Crippen LogP contribution in [0.1, 0.15) is 20.7 Å². The minimum absolute atomic E-state index is 0.0630. The third-order valence-corrected chi connectivity index (χ3v) is 7.63. The van der Waals surface area contributed by atoms with Crippen LogP contribution in [0.4, 0.5) is 5.69 Å². The van der Waals surface area contributed by atoms with Crippen LogP contribution in [-0.2, 0) is 20.0 Å². The van der Waals surface area contributed by atoms with E-state index in [1.165, 1.54) is 48.5 Å². The number of carbonyl (C=O) groups is 2. The Balaban J connectivity index is 1.64. The van der Waals surface area contributed by atoms with Crippen molar-refractivity contribution in [1.82, 2.24) is 10.9 Å². The predicted molar refractivity (Wildman–Crippen MR) is 129 cm³/mol. The number of hydrazine groups is 1. The predicted octanol–water partition coefficient (Wildman–Crippen LogP) is 2.63. The lowest BCUT2D eigenvalue weighted by Crippen LogP contribution is -2.41. The number of sulfonamides is 2. The molecule has 0 spiro atoms. The first-order valence-corrected chi connectivity index (χ1v) is 13.4. The lowest BCUT2D eigenvalue weighted by molar-refractivity contribution is 0.0846. The highest BCUT2D eigenvalue weighted by atomic mass is 79.9. The Morgan fingerprint density at radius 2 is 1.32 bits per heavy atom. The van der Waals surface area contributed by atoms with Crippen LogP contribution in [-0.4, -0.2) is 28.6 Å². The van der Waals surface area contributed by atoms with Gasteiger partial charge in [-0.2, -0.15) is 0 Å². The molecule has 0 radical (unpaired) electrons. The molecule has 178 valence electrons. The summed E-state index contributed by atoms with van der Waals surface area (Å²) in [6.45, 7) is 0. The number of anilines is 1. The van der Waals surface area contributed by atoms with Crippen molar-refractivity contribution in [3.05, 3.63) is 87.4 Å². The normalized spacial score (nSPS) is 11.5. The fraction of sp³-hybridized carbons (Fsp3) is 0. The molecule has 0 fully saturated rings. The lowest BCUT2D eigenvalue weighted by atomic mass is 10.2. The molecule has 0 aliphatic rings. The van der Waals surface area contributed by atoms with Crippen LogP contribution in [0.25, 0.3) is 0 Å². The van der Waals surface area contributed by atoms with Crippen molar-refractivity contribution in [1.29, 1.82) is 0 Å². The van der Waals surface area contributed by atoms with Gasteiger partial charge >= 0.3 is 0 Å². The van der Waals surface area contributed by atoms with Gasteiger partial charge in [-0.25, -0.2) is 22.0 Å². The molecule has 0 heterocycles. The van der Waals surface area contributed by atoms with Crippen LogP contribution in [0.15, 0.2) is 81.0 Å². The number of halogens is 2. The highest BCUT2D eigenvalue weighted by Gasteiger charge is 2.18. The smallest absolute Gasteiger partial charge is 0.269 e. The van der Waals surface area contributed by atoms with Crippen molar-refractivity contribution in [3.63, 3.8) is 0 Å². The van der Waals surface area contributed by atoms with Crippen molar-refractivity contribution in [2.75, 3.05) is 4.72 Å². The standard InChI is InChI=1S/C20H16BrClN4O6S2/c21-14-4-8-16(9-5-14)34(31,32)26-15-6-1-12(2-7-15)19(27)24-25-20(28)13-3-10-17(22)18(11-13)33(23,29)30/h1-11,26H,(H,24,27)(H,25,28)(H2,23,29,30). The molecule has 2 amide bonds. The minimum atomic E-state index is -4.15. The monoisotopic (exact) mass is 586 g/mol. The summed E-state index contributed by atoms with van der Waals surface area (Å²) in [5, 5.41) is 4.90. The van der Waals surface area contributed by atoms with Crippen LogP contribution in [0.3, 0.4) is 0 Å². The van der Waals surface area contributed by atoms with E-state index in [-0.39, 0.29) is 26.7 Å². The number of hydrogen-bond donors (Lipinski definition) is 4. The molecule has 10 nitrogen and oxygen atoms in total. The van der Waals surface area contributed by atoms with Crippen molar-refractivity contribution in [2.45, 2.75) is 9.79 Å². The Bertz CT molecular complexity index is 1460. The molecule has 0 atom stereocenters. The van der Waals surface area contributed by atoms with E-state index < -0.39 is 36.8 Å². The number of amides is 2. The minimum Gasteiger partial charge on any atom is -0.280 e. The summed E-state index contributed by atoms with van der Waals surface area (Å²) in [7, 11) is -7.97. The van der Waals surface area contributed by atoms with Crippen LogP contribution in [0, 0.1) is 0 Å². The zero-order valence-corrected chi connectivity index (χ0v) is 20.9. The molecule has 5 N–H and O–H groups in total. The lowest BCUT2D eigenvalue weighted by Gasteiger charge is -2.10. The van der Waals surface area contributed by atoms with E-state index in [9.17, 15) is 26.4 Å². The molecule has 0 aromatic heterocycles. The quantitative estimate of drug-likeness (QED) is 0.324. The zero-order chi connectivity index (χ0) is 25.1. The number of nitrogens with two attached hydrogens (primary N) is 1. The molecular formula is C20H16BrClN4O6S2. The summed E-state index contributed by atoms with van der Waals surface area (Å²) in [6, 6.07) is 14.9. The van der Waals surface area contributed by atoms with Crippen LogP contribution in [0.5, 0.6) is 0 Å². The van der Waals surface area contributed by atoms with E-state index in [4.69, 9.17) is 16.7 Å². The van der Waals surface area contributed by atoms with Crippen molar-refractivity contribution >= 4 is 65.1 Å².